The number of anilines is 3. The van der Waals surface area contributed by atoms with Gasteiger partial charge in [-0.2, -0.15) is 0 Å². The number of fused-ring (bicyclic) bond motifs is 1. The molecule has 0 bridgehead atoms. The Morgan fingerprint density at radius 1 is 0.312 bits per heavy atom. The van der Waals surface area contributed by atoms with E-state index in [4.69, 9.17) is 0 Å². The first-order valence-corrected chi connectivity index (χ1v) is 16.2. The molecule has 0 N–H and O–H groups in total. The van der Waals surface area contributed by atoms with Crippen molar-refractivity contribution in [3.8, 4) is 44.5 Å². The summed E-state index contributed by atoms with van der Waals surface area (Å²) >= 11 is 0. The summed E-state index contributed by atoms with van der Waals surface area (Å²) in [6.45, 7) is 0. The van der Waals surface area contributed by atoms with Gasteiger partial charge in [0.05, 0.1) is 5.69 Å². The smallest absolute Gasteiger partial charge is 0.131 e. The average Bonchev–Trinajstić information content (AvgIpc) is 3.16. The van der Waals surface area contributed by atoms with Crippen LogP contribution in [0.25, 0.3) is 55.3 Å². The van der Waals surface area contributed by atoms with Crippen molar-refractivity contribution in [1.29, 1.82) is 0 Å². The maximum absolute atomic E-state index is 15.1. The van der Waals surface area contributed by atoms with Crippen LogP contribution in [0.1, 0.15) is 0 Å². The fourth-order valence-electron chi connectivity index (χ4n) is 6.67. The van der Waals surface area contributed by atoms with Crippen LogP contribution in [-0.4, -0.2) is 0 Å². The van der Waals surface area contributed by atoms with Gasteiger partial charge in [-0.15, -0.1) is 0 Å². The summed E-state index contributed by atoms with van der Waals surface area (Å²) in [5.41, 5.74) is 11.5. The standard InChI is InChI=1S/C46H32FN/c47-44-23-9-7-20-42(44)43-22-12-18-37-17-11-21-41(46(37)43)36-27-31-39(32-28-36)48(38-29-25-34(26-30-38)33-13-3-1-4-14-33)45-24-10-8-19-40(45)35-15-5-2-6-16-35/h1-32H. The summed E-state index contributed by atoms with van der Waals surface area (Å²) in [7, 11) is 0. The lowest BCUT2D eigenvalue weighted by Gasteiger charge is -2.28. The Bertz CT molecular complexity index is 2320. The molecule has 0 saturated heterocycles. The Labute approximate surface area is 280 Å². The summed E-state index contributed by atoms with van der Waals surface area (Å²) in [5.74, 6) is -0.221. The van der Waals surface area contributed by atoms with E-state index in [1.54, 1.807) is 6.07 Å². The van der Waals surface area contributed by atoms with Crippen molar-refractivity contribution >= 4 is 27.8 Å². The summed E-state index contributed by atoms with van der Waals surface area (Å²) < 4.78 is 15.1. The van der Waals surface area contributed by atoms with Crippen LogP contribution in [0.5, 0.6) is 0 Å². The Morgan fingerprint density at radius 2 is 0.771 bits per heavy atom. The first-order valence-electron chi connectivity index (χ1n) is 16.2. The molecule has 0 aliphatic heterocycles. The maximum Gasteiger partial charge on any atom is 0.131 e. The molecule has 0 aromatic heterocycles. The molecule has 0 amide bonds. The van der Waals surface area contributed by atoms with E-state index in [0.29, 0.717) is 5.56 Å². The van der Waals surface area contributed by atoms with E-state index in [1.807, 2.05) is 30.3 Å². The van der Waals surface area contributed by atoms with Crippen LogP contribution in [0.4, 0.5) is 21.5 Å². The minimum absolute atomic E-state index is 0.221. The lowest BCUT2D eigenvalue weighted by molar-refractivity contribution is 0.631. The van der Waals surface area contributed by atoms with Crippen molar-refractivity contribution < 1.29 is 4.39 Å². The monoisotopic (exact) mass is 617 g/mol. The first kappa shape index (κ1) is 29.2. The highest BCUT2D eigenvalue weighted by molar-refractivity contribution is 6.06. The Hall–Kier alpha value is -6.25. The molecule has 0 heterocycles. The van der Waals surface area contributed by atoms with Crippen LogP contribution in [0, 0.1) is 5.82 Å². The molecule has 2 heteroatoms. The molecule has 0 atom stereocenters. The zero-order chi connectivity index (χ0) is 32.3. The molecule has 228 valence electrons. The second kappa shape index (κ2) is 12.9. The highest BCUT2D eigenvalue weighted by Crippen LogP contribution is 2.43. The van der Waals surface area contributed by atoms with Gasteiger partial charge in [-0.1, -0.05) is 158 Å². The first-order chi connectivity index (χ1) is 23.7. The third kappa shape index (κ3) is 5.55. The topological polar surface area (TPSA) is 3.24 Å². The van der Waals surface area contributed by atoms with Crippen LogP contribution < -0.4 is 4.90 Å². The number of hydrogen-bond acceptors (Lipinski definition) is 1. The van der Waals surface area contributed by atoms with Gasteiger partial charge in [0.2, 0.25) is 0 Å². The van der Waals surface area contributed by atoms with Gasteiger partial charge in [-0.3, -0.25) is 0 Å². The fraction of sp³-hybridized carbons (Fsp3) is 0. The van der Waals surface area contributed by atoms with Crippen molar-refractivity contribution in [2.75, 3.05) is 4.90 Å². The highest BCUT2D eigenvalue weighted by atomic mass is 19.1. The quantitative estimate of drug-likeness (QED) is 0.172. The van der Waals surface area contributed by atoms with Crippen LogP contribution in [-0.2, 0) is 0 Å². The summed E-state index contributed by atoms with van der Waals surface area (Å²) in [6.07, 6.45) is 0. The SMILES string of the molecule is Fc1ccccc1-c1cccc2cccc(-c3ccc(N(c4ccc(-c5ccccc5)cc4)c4ccccc4-c4ccccc4)cc3)c12. The molecular weight excluding hydrogens is 586 g/mol. The highest BCUT2D eigenvalue weighted by Gasteiger charge is 2.18. The average molecular weight is 618 g/mol. The van der Waals surface area contributed by atoms with Crippen molar-refractivity contribution in [2.24, 2.45) is 0 Å². The molecule has 0 aliphatic carbocycles. The molecule has 48 heavy (non-hydrogen) atoms. The zero-order valence-electron chi connectivity index (χ0n) is 26.3. The van der Waals surface area contributed by atoms with Crippen LogP contribution in [0.15, 0.2) is 194 Å². The Kier molecular flexibility index (Phi) is 7.82. The number of nitrogens with zero attached hydrogens (tertiary/aromatic N) is 1. The van der Waals surface area contributed by atoms with E-state index in [2.05, 4.69) is 157 Å². The predicted molar refractivity (Wildman–Crippen MR) is 200 cm³/mol. The molecule has 8 rings (SSSR count). The van der Waals surface area contributed by atoms with Gasteiger partial charge in [-0.25, -0.2) is 4.39 Å². The molecule has 8 aromatic carbocycles. The summed E-state index contributed by atoms with van der Waals surface area (Å²) in [4.78, 5) is 2.33. The van der Waals surface area contributed by atoms with E-state index in [9.17, 15) is 0 Å². The van der Waals surface area contributed by atoms with Gasteiger partial charge in [-0.05, 0) is 80.6 Å². The van der Waals surface area contributed by atoms with E-state index in [1.165, 1.54) is 17.2 Å². The van der Waals surface area contributed by atoms with Crippen molar-refractivity contribution in [3.05, 3.63) is 200 Å². The van der Waals surface area contributed by atoms with Gasteiger partial charge in [0.1, 0.15) is 5.82 Å². The van der Waals surface area contributed by atoms with E-state index in [0.717, 1.165) is 55.7 Å². The van der Waals surface area contributed by atoms with Gasteiger partial charge in [0, 0.05) is 22.5 Å². The maximum atomic E-state index is 15.1. The molecular formula is C46H32FN. The van der Waals surface area contributed by atoms with E-state index >= 15 is 4.39 Å². The summed E-state index contributed by atoms with van der Waals surface area (Å²) in [6, 6.07) is 66.5. The molecule has 8 aromatic rings. The van der Waals surface area contributed by atoms with Crippen molar-refractivity contribution in [1.82, 2.24) is 0 Å². The Balaban J connectivity index is 1.26. The third-order valence-electron chi connectivity index (χ3n) is 8.97. The fourth-order valence-corrected chi connectivity index (χ4v) is 6.67. The molecule has 0 spiro atoms. The van der Waals surface area contributed by atoms with Gasteiger partial charge in [0.25, 0.3) is 0 Å². The van der Waals surface area contributed by atoms with Crippen LogP contribution >= 0.6 is 0 Å². The number of benzene rings is 8. The zero-order valence-corrected chi connectivity index (χ0v) is 26.3. The second-order valence-corrected chi connectivity index (χ2v) is 11.9. The number of halogens is 1. The normalized spacial score (nSPS) is 11.0. The molecule has 0 saturated carbocycles. The lowest BCUT2D eigenvalue weighted by Crippen LogP contribution is -2.11. The molecule has 0 radical (unpaired) electrons. The molecule has 0 unspecified atom stereocenters. The predicted octanol–water partition coefficient (Wildman–Crippen LogP) is 13.1. The van der Waals surface area contributed by atoms with Crippen molar-refractivity contribution in [2.45, 2.75) is 0 Å². The van der Waals surface area contributed by atoms with Gasteiger partial charge < -0.3 is 4.90 Å². The summed E-state index contributed by atoms with van der Waals surface area (Å²) in [5, 5.41) is 2.12. The molecule has 1 nitrogen and oxygen atoms in total. The number of para-hydroxylation sites is 1. The van der Waals surface area contributed by atoms with Crippen molar-refractivity contribution in [3.63, 3.8) is 0 Å². The van der Waals surface area contributed by atoms with Crippen LogP contribution in [0.3, 0.4) is 0 Å². The minimum Gasteiger partial charge on any atom is -0.310 e. The minimum atomic E-state index is -0.221. The second-order valence-electron chi connectivity index (χ2n) is 11.9. The van der Waals surface area contributed by atoms with Gasteiger partial charge >= 0.3 is 0 Å². The lowest BCUT2D eigenvalue weighted by atomic mass is 9.91. The molecule has 0 fully saturated rings. The van der Waals surface area contributed by atoms with Crippen LogP contribution in [0.2, 0.25) is 0 Å². The molecule has 0 aliphatic rings. The number of rotatable bonds is 7. The van der Waals surface area contributed by atoms with Gasteiger partial charge in [0.15, 0.2) is 0 Å². The van der Waals surface area contributed by atoms with E-state index < -0.39 is 0 Å². The number of hydrogen-bond donors (Lipinski definition) is 0. The third-order valence-corrected chi connectivity index (χ3v) is 8.97. The Morgan fingerprint density at radius 3 is 1.42 bits per heavy atom. The van der Waals surface area contributed by atoms with E-state index in [-0.39, 0.29) is 5.82 Å². The largest absolute Gasteiger partial charge is 0.310 e.